The van der Waals surface area contributed by atoms with E-state index in [1.54, 1.807) is 11.6 Å². The van der Waals surface area contributed by atoms with Crippen molar-refractivity contribution in [3.05, 3.63) is 35.3 Å². The van der Waals surface area contributed by atoms with E-state index in [2.05, 4.69) is 10.1 Å². The average molecular weight is 295 g/mol. The molecule has 3 aromatic rings. The summed E-state index contributed by atoms with van der Waals surface area (Å²) in [6.07, 6.45) is 0. The molecule has 110 valence electrons. The monoisotopic (exact) mass is 295 g/mol. The number of anilines is 1. The molecule has 0 aliphatic heterocycles. The van der Waals surface area contributed by atoms with Crippen molar-refractivity contribution in [2.24, 2.45) is 0 Å². The number of hydrogen-bond acceptors (Lipinski definition) is 3. The first-order valence-corrected chi connectivity index (χ1v) is 6.30. The second-order valence-electron chi connectivity index (χ2n) is 4.60. The molecule has 0 aliphatic rings. The Balaban J connectivity index is 2.40. The number of benzene rings is 1. The fraction of sp³-hybridized carbons (Fsp3) is 0.231. The number of halogens is 3. The zero-order valence-electron chi connectivity index (χ0n) is 11.4. The third kappa shape index (κ3) is 1.86. The number of aromatic nitrogens is 4. The number of aryl methyl sites for hydroxylation is 2. The van der Waals surface area contributed by atoms with Gasteiger partial charge in [-0.05, 0) is 13.8 Å². The maximum Gasteiger partial charge on any atom is 0.207 e. The van der Waals surface area contributed by atoms with Gasteiger partial charge in [-0.1, -0.05) is 0 Å². The second-order valence-corrected chi connectivity index (χ2v) is 4.60. The lowest BCUT2D eigenvalue weighted by atomic mass is 10.2. The van der Waals surface area contributed by atoms with E-state index in [0.29, 0.717) is 29.5 Å². The molecular formula is C13H12F3N5. The van der Waals surface area contributed by atoms with Crippen LogP contribution in [0.2, 0.25) is 0 Å². The van der Waals surface area contributed by atoms with Gasteiger partial charge in [0.1, 0.15) is 11.3 Å². The Morgan fingerprint density at radius 3 is 2.48 bits per heavy atom. The first kappa shape index (κ1) is 13.5. The van der Waals surface area contributed by atoms with Crippen molar-refractivity contribution >= 4 is 17.1 Å². The quantitative estimate of drug-likeness (QED) is 0.739. The van der Waals surface area contributed by atoms with Crippen molar-refractivity contribution in [2.75, 3.05) is 5.73 Å². The molecule has 0 aliphatic carbocycles. The van der Waals surface area contributed by atoms with Crippen molar-refractivity contribution < 1.29 is 13.2 Å². The smallest absolute Gasteiger partial charge is 0.207 e. The number of nitrogen functional groups attached to an aromatic ring is 1. The van der Waals surface area contributed by atoms with Crippen molar-refractivity contribution in [1.82, 2.24) is 19.3 Å². The second kappa shape index (κ2) is 4.51. The highest BCUT2D eigenvalue weighted by Gasteiger charge is 2.21. The van der Waals surface area contributed by atoms with E-state index in [1.165, 1.54) is 4.57 Å². The van der Waals surface area contributed by atoms with E-state index in [1.807, 2.05) is 6.92 Å². The largest absolute Gasteiger partial charge is 0.369 e. The minimum absolute atomic E-state index is 0.0161. The molecule has 2 heterocycles. The van der Waals surface area contributed by atoms with Crippen molar-refractivity contribution in [3.8, 4) is 5.69 Å². The fourth-order valence-electron chi connectivity index (χ4n) is 2.33. The minimum atomic E-state index is -1.26. The average Bonchev–Trinajstić information content (AvgIpc) is 2.91. The standard InChI is InChI=1S/C13H12F3N5/c1-3-20-12-11(6(2)19-20)18-13(17)21(12)10-5-8(15)7(14)4-9(10)16/h4-5H,3H2,1-2H3,(H2,17,18). The molecular weight excluding hydrogens is 283 g/mol. The molecule has 5 nitrogen and oxygen atoms in total. The minimum Gasteiger partial charge on any atom is -0.369 e. The molecule has 0 radical (unpaired) electrons. The molecule has 0 unspecified atom stereocenters. The van der Waals surface area contributed by atoms with Gasteiger partial charge in [-0.25, -0.2) is 22.8 Å². The van der Waals surface area contributed by atoms with Crippen LogP contribution < -0.4 is 5.73 Å². The molecule has 3 rings (SSSR count). The number of imidazole rings is 1. The van der Waals surface area contributed by atoms with Gasteiger partial charge in [-0.15, -0.1) is 0 Å². The van der Waals surface area contributed by atoms with E-state index in [4.69, 9.17) is 5.73 Å². The van der Waals surface area contributed by atoms with Crippen LogP contribution >= 0.6 is 0 Å². The maximum atomic E-state index is 14.0. The summed E-state index contributed by atoms with van der Waals surface area (Å²) in [6, 6.07) is 1.24. The van der Waals surface area contributed by atoms with Gasteiger partial charge in [-0.2, -0.15) is 5.10 Å². The van der Waals surface area contributed by atoms with Crippen molar-refractivity contribution in [1.29, 1.82) is 0 Å². The first-order chi connectivity index (χ1) is 9.93. The SMILES string of the molecule is CCn1nc(C)c2nc(N)n(-c3cc(F)c(F)cc3F)c21. The summed E-state index contributed by atoms with van der Waals surface area (Å²) in [7, 11) is 0. The summed E-state index contributed by atoms with van der Waals surface area (Å²) in [4.78, 5) is 4.13. The fourth-order valence-corrected chi connectivity index (χ4v) is 2.33. The van der Waals surface area contributed by atoms with E-state index in [9.17, 15) is 13.2 Å². The molecule has 0 saturated carbocycles. The molecule has 2 N–H and O–H groups in total. The Bertz CT molecular complexity index is 849. The van der Waals surface area contributed by atoms with Crippen LogP contribution in [0.15, 0.2) is 12.1 Å². The molecule has 2 aromatic heterocycles. The number of hydrogen-bond donors (Lipinski definition) is 1. The summed E-state index contributed by atoms with van der Waals surface area (Å²) in [5.74, 6) is -3.36. The van der Waals surface area contributed by atoms with Gasteiger partial charge in [-0.3, -0.25) is 4.57 Å². The van der Waals surface area contributed by atoms with Crippen LogP contribution in [-0.4, -0.2) is 19.3 Å². The van der Waals surface area contributed by atoms with Gasteiger partial charge in [0, 0.05) is 18.7 Å². The van der Waals surface area contributed by atoms with Crippen LogP contribution in [0.25, 0.3) is 16.9 Å². The van der Waals surface area contributed by atoms with Gasteiger partial charge in [0.25, 0.3) is 0 Å². The Morgan fingerprint density at radius 1 is 1.14 bits per heavy atom. The molecule has 0 saturated heterocycles. The molecule has 0 fully saturated rings. The summed E-state index contributed by atoms with van der Waals surface area (Å²) in [5.41, 5.74) is 7.17. The summed E-state index contributed by atoms with van der Waals surface area (Å²) in [6.45, 7) is 4.09. The molecule has 0 amide bonds. The molecule has 8 heteroatoms. The zero-order valence-corrected chi connectivity index (χ0v) is 11.4. The lowest BCUT2D eigenvalue weighted by Gasteiger charge is -2.09. The Labute approximate surface area is 117 Å². The van der Waals surface area contributed by atoms with Crippen LogP contribution in [0, 0.1) is 24.4 Å². The summed E-state index contributed by atoms with van der Waals surface area (Å²) < 4.78 is 43.3. The molecule has 0 bridgehead atoms. The van der Waals surface area contributed by atoms with Crippen LogP contribution in [0.3, 0.4) is 0 Å². The van der Waals surface area contributed by atoms with Gasteiger partial charge in [0.15, 0.2) is 17.3 Å². The number of fused-ring (bicyclic) bond motifs is 1. The normalized spacial score (nSPS) is 11.5. The van der Waals surface area contributed by atoms with E-state index in [-0.39, 0.29) is 11.6 Å². The van der Waals surface area contributed by atoms with E-state index < -0.39 is 17.5 Å². The van der Waals surface area contributed by atoms with Gasteiger partial charge in [0.05, 0.1) is 11.4 Å². The lowest BCUT2D eigenvalue weighted by Crippen LogP contribution is -2.09. The molecule has 0 atom stereocenters. The van der Waals surface area contributed by atoms with Crippen LogP contribution in [0.4, 0.5) is 19.1 Å². The number of nitrogens with two attached hydrogens (primary N) is 1. The van der Waals surface area contributed by atoms with E-state index >= 15 is 0 Å². The Kier molecular flexibility index (Phi) is 2.89. The topological polar surface area (TPSA) is 61.7 Å². The summed E-state index contributed by atoms with van der Waals surface area (Å²) >= 11 is 0. The van der Waals surface area contributed by atoms with Crippen molar-refractivity contribution in [2.45, 2.75) is 20.4 Å². The summed E-state index contributed by atoms with van der Waals surface area (Å²) in [5, 5.41) is 4.25. The van der Waals surface area contributed by atoms with Gasteiger partial charge >= 0.3 is 0 Å². The maximum absolute atomic E-state index is 14.0. The highest BCUT2D eigenvalue weighted by molar-refractivity contribution is 5.80. The van der Waals surface area contributed by atoms with Crippen LogP contribution in [0.5, 0.6) is 0 Å². The van der Waals surface area contributed by atoms with Crippen molar-refractivity contribution in [3.63, 3.8) is 0 Å². The third-order valence-corrected chi connectivity index (χ3v) is 3.27. The Hall–Kier alpha value is -2.51. The van der Waals surface area contributed by atoms with Crippen LogP contribution in [-0.2, 0) is 6.54 Å². The van der Waals surface area contributed by atoms with Gasteiger partial charge < -0.3 is 5.73 Å². The highest BCUT2D eigenvalue weighted by atomic mass is 19.2. The molecule has 21 heavy (non-hydrogen) atoms. The highest BCUT2D eigenvalue weighted by Crippen LogP contribution is 2.27. The number of nitrogens with zero attached hydrogens (tertiary/aromatic N) is 4. The van der Waals surface area contributed by atoms with Gasteiger partial charge in [0.2, 0.25) is 5.95 Å². The first-order valence-electron chi connectivity index (χ1n) is 6.30. The van der Waals surface area contributed by atoms with Crippen LogP contribution in [0.1, 0.15) is 12.6 Å². The third-order valence-electron chi connectivity index (χ3n) is 3.27. The van der Waals surface area contributed by atoms with E-state index in [0.717, 1.165) is 6.07 Å². The predicted octanol–water partition coefficient (Wildman–Crippen LogP) is 2.55. The lowest BCUT2D eigenvalue weighted by molar-refractivity contribution is 0.493. The predicted molar refractivity (Wildman–Crippen MR) is 71.6 cm³/mol. The molecule has 0 spiro atoms. The zero-order chi connectivity index (χ0) is 15.3. The number of rotatable bonds is 2. The molecule has 1 aromatic carbocycles. The Morgan fingerprint density at radius 2 is 1.81 bits per heavy atom.